The first-order valence-electron chi connectivity index (χ1n) is 19.9. The minimum absolute atomic E-state index is 0.263. The summed E-state index contributed by atoms with van der Waals surface area (Å²) in [4.78, 5) is 0. The Morgan fingerprint density at radius 2 is 1.12 bits per heavy atom. The minimum Gasteiger partial charge on any atom is -0.309 e. The number of hydrogen-bond acceptors (Lipinski definition) is 2. The second-order valence-corrected chi connectivity index (χ2v) is 18.9. The van der Waals surface area contributed by atoms with Gasteiger partial charge in [0, 0.05) is 42.9 Å². The highest BCUT2D eigenvalue weighted by Gasteiger charge is 2.43. The monoisotopic (exact) mass is 758 g/mol. The molecule has 10 aromatic rings. The molecule has 1 aliphatic carbocycles. The predicted molar refractivity (Wildman–Crippen MR) is 242 cm³/mol. The summed E-state index contributed by atoms with van der Waals surface area (Å²) in [6, 6.07) is 64.5. The number of nitriles is 1. The Balaban J connectivity index is 1.17. The lowest BCUT2D eigenvalue weighted by Gasteiger charge is -2.23. The molecule has 272 valence electrons. The Labute approximate surface area is 336 Å². The van der Waals surface area contributed by atoms with Crippen molar-refractivity contribution in [3.05, 3.63) is 193 Å². The van der Waals surface area contributed by atoms with E-state index in [0.717, 1.165) is 65.3 Å². The number of nitrogens with zero attached hydrogens (tertiary/aromatic N) is 2. The van der Waals surface area contributed by atoms with Crippen LogP contribution >= 0.6 is 7.14 Å². The average molecular weight is 759 g/mol. The van der Waals surface area contributed by atoms with Crippen LogP contribution < -0.4 is 15.9 Å². The van der Waals surface area contributed by atoms with E-state index in [2.05, 4.69) is 158 Å². The lowest BCUT2D eigenvalue weighted by molar-refractivity contribution is 0.593. The summed E-state index contributed by atoms with van der Waals surface area (Å²) in [6.45, 7) is 4.55. The molecule has 1 unspecified atom stereocenters. The molecule has 1 aromatic heterocycles. The van der Waals surface area contributed by atoms with Crippen LogP contribution in [0, 0.1) is 11.3 Å². The number of rotatable bonds is 3. The topological polar surface area (TPSA) is 45.8 Å². The summed E-state index contributed by atoms with van der Waals surface area (Å²) in [5, 5.41) is 19.2. The molecule has 0 bridgehead atoms. The fraction of sp³-hybridized carbons (Fsp3) is 0.0556. The molecule has 0 spiro atoms. The van der Waals surface area contributed by atoms with E-state index in [1.165, 1.54) is 44.2 Å². The highest BCUT2D eigenvalue weighted by molar-refractivity contribution is 7.86. The standard InChI is InChI=1S/C54H35N2OP/c1-54(2)45-30-33(32-55)24-26-36(45)37-27-25-34(31-46(37)54)50-39-17-6-8-19-41(39)52(42-20-9-7-18-40(42)50)56-47-22-12-10-21-44(47)51-48(56)29-28-43-38-16-11-13-23-49(38)58(57,53(43)51)35-14-4-3-5-15-35/h3-31H,1-2H3. The van der Waals surface area contributed by atoms with Gasteiger partial charge in [-0.1, -0.05) is 159 Å². The molecule has 0 amide bonds. The molecule has 0 N–H and O–H groups in total. The van der Waals surface area contributed by atoms with Crippen LogP contribution in [0.3, 0.4) is 0 Å². The summed E-state index contributed by atoms with van der Waals surface area (Å²) < 4.78 is 18.5. The van der Waals surface area contributed by atoms with Crippen LogP contribution in [0.25, 0.3) is 82.4 Å². The molecule has 3 nitrogen and oxygen atoms in total. The fourth-order valence-corrected chi connectivity index (χ4v) is 13.7. The molecule has 58 heavy (non-hydrogen) atoms. The van der Waals surface area contributed by atoms with Gasteiger partial charge in [-0.25, -0.2) is 0 Å². The summed E-state index contributed by atoms with van der Waals surface area (Å²) >= 11 is 0. The van der Waals surface area contributed by atoms with E-state index in [0.29, 0.717) is 5.56 Å². The average Bonchev–Trinajstić information content (AvgIpc) is 3.83. The van der Waals surface area contributed by atoms with Crippen molar-refractivity contribution in [1.82, 2.24) is 4.57 Å². The van der Waals surface area contributed by atoms with Crippen LogP contribution in [0.4, 0.5) is 0 Å². The second kappa shape index (κ2) is 11.8. The molecule has 1 aliphatic heterocycles. The largest absolute Gasteiger partial charge is 0.309 e. The summed E-state index contributed by atoms with van der Waals surface area (Å²) in [5.41, 5.74) is 13.0. The third-order valence-electron chi connectivity index (χ3n) is 13.0. The number of para-hydroxylation sites is 1. The number of hydrogen-bond donors (Lipinski definition) is 0. The smallest absolute Gasteiger partial charge is 0.172 e. The Kier molecular flexibility index (Phi) is 6.74. The zero-order valence-electron chi connectivity index (χ0n) is 32.0. The van der Waals surface area contributed by atoms with Gasteiger partial charge in [0.05, 0.1) is 28.4 Å². The lowest BCUT2D eigenvalue weighted by atomic mass is 9.80. The van der Waals surface area contributed by atoms with Gasteiger partial charge in [0.15, 0.2) is 7.14 Å². The molecule has 4 heteroatoms. The third-order valence-corrected chi connectivity index (χ3v) is 16.2. The van der Waals surface area contributed by atoms with Gasteiger partial charge in [-0.3, -0.25) is 0 Å². The van der Waals surface area contributed by atoms with E-state index >= 15 is 4.57 Å². The van der Waals surface area contributed by atoms with Gasteiger partial charge >= 0.3 is 0 Å². The zero-order valence-corrected chi connectivity index (χ0v) is 32.9. The van der Waals surface area contributed by atoms with Crippen LogP contribution in [0.5, 0.6) is 0 Å². The minimum atomic E-state index is -3.25. The molecule has 9 aromatic carbocycles. The molecule has 0 radical (unpaired) electrons. The van der Waals surface area contributed by atoms with Crippen LogP contribution in [0.2, 0.25) is 0 Å². The van der Waals surface area contributed by atoms with Crippen molar-refractivity contribution in [3.8, 4) is 45.1 Å². The first-order valence-corrected chi connectivity index (χ1v) is 21.6. The van der Waals surface area contributed by atoms with Crippen molar-refractivity contribution in [2.24, 2.45) is 0 Å². The molecule has 1 atom stereocenters. The highest BCUT2D eigenvalue weighted by atomic mass is 31.2. The van der Waals surface area contributed by atoms with Gasteiger partial charge < -0.3 is 9.13 Å². The predicted octanol–water partition coefficient (Wildman–Crippen LogP) is 12.6. The maximum atomic E-state index is 16.1. The fourth-order valence-electron chi connectivity index (χ4n) is 10.4. The van der Waals surface area contributed by atoms with Gasteiger partial charge in [-0.2, -0.15) is 5.26 Å². The number of fused-ring (bicyclic) bond motifs is 12. The molecule has 2 heterocycles. The molecular formula is C54H35N2OP. The van der Waals surface area contributed by atoms with E-state index in [-0.39, 0.29) is 5.41 Å². The lowest BCUT2D eigenvalue weighted by Crippen LogP contribution is -2.21. The molecule has 0 saturated heterocycles. The SMILES string of the molecule is CC1(C)c2cc(C#N)ccc2-c2ccc(-c3c4ccccc4c(-n4c5ccccc5c5c6c(ccc54)-c4ccccc4P6(=O)c4ccccc4)c4ccccc34)cc21. The molecule has 12 rings (SSSR count). The van der Waals surface area contributed by atoms with E-state index in [1.807, 2.05) is 42.5 Å². The van der Waals surface area contributed by atoms with Crippen molar-refractivity contribution in [3.63, 3.8) is 0 Å². The summed E-state index contributed by atoms with van der Waals surface area (Å²) in [6.07, 6.45) is 0. The quantitative estimate of drug-likeness (QED) is 0.133. The maximum absolute atomic E-state index is 16.1. The van der Waals surface area contributed by atoms with Crippen molar-refractivity contribution >= 4 is 66.4 Å². The first kappa shape index (κ1) is 33.2. The van der Waals surface area contributed by atoms with Crippen molar-refractivity contribution in [2.75, 3.05) is 0 Å². The Hall–Kier alpha value is -6.98. The molecular weight excluding hydrogens is 724 g/mol. The normalized spacial score (nSPS) is 16.0. The van der Waals surface area contributed by atoms with Gasteiger partial charge in [-0.15, -0.1) is 0 Å². The molecule has 0 saturated carbocycles. The summed E-state index contributed by atoms with van der Waals surface area (Å²) in [7, 11) is -3.25. The van der Waals surface area contributed by atoms with Crippen molar-refractivity contribution in [2.45, 2.75) is 19.3 Å². The Morgan fingerprint density at radius 1 is 0.534 bits per heavy atom. The second-order valence-electron chi connectivity index (χ2n) is 16.2. The first-order chi connectivity index (χ1) is 28.4. The molecule has 0 fully saturated rings. The van der Waals surface area contributed by atoms with Crippen LogP contribution in [0.15, 0.2) is 176 Å². The van der Waals surface area contributed by atoms with Gasteiger partial charge in [0.1, 0.15) is 0 Å². The maximum Gasteiger partial charge on any atom is 0.172 e. The number of benzene rings is 9. The van der Waals surface area contributed by atoms with Crippen molar-refractivity contribution in [1.29, 1.82) is 5.26 Å². The Morgan fingerprint density at radius 3 is 1.84 bits per heavy atom. The summed E-state index contributed by atoms with van der Waals surface area (Å²) in [5.74, 6) is 0. The third kappa shape index (κ3) is 4.20. The van der Waals surface area contributed by atoms with Crippen LogP contribution in [-0.4, -0.2) is 4.57 Å². The van der Waals surface area contributed by atoms with E-state index in [4.69, 9.17) is 0 Å². The van der Waals surface area contributed by atoms with Crippen LogP contribution in [0.1, 0.15) is 30.5 Å². The van der Waals surface area contributed by atoms with Gasteiger partial charge in [0.2, 0.25) is 0 Å². The highest BCUT2D eigenvalue weighted by Crippen LogP contribution is 2.56. The van der Waals surface area contributed by atoms with E-state index < -0.39 is 7.14 Å². The van der Waals surface area contributed by atoms with Crippen LogP contribution in [-0.2, 0) is 9.98 Å². The zero-order chi connectivity index (χ0) is 38.9. The Bertz CT molecular complexity index is 3470. The van der Waals surface area contributed by atoms with Gasteiger partial charge in [0.25, 0.3) is 0 Å². The van der Waals surface area contributed by atoms with E-state index in [1.54, 1.807) is 0 Å². The number of aromatic nitrogens is 1. The van der Waals surface area contributed by atoms with Crippen molar-refractivity contribution < 1.29 is 4.57 Å². The van der Waals surface area contributed by atoms with Gasteiger partial charge in [-0.05, 0) is 85.6 Å². The van der Waals surface area contributed by atoms with E-state index in [9.17, 15) is 5.26 Å². The molecule has 2 aliphatic rings.